The zero-order chi connectivity index (χ0) is 27.5. The summed E-state index contributed by atoms with van der Waals surface area (Å²) in [7, 11) is -2.97. The van der Waals surface area contributed by atoms with E-state index >= 15 is 0 Å². The van der Waals surface area contributed by atoms with Crippen molar-refractivity contribution in [1.82, 2.24) is 0 Å². The number of para-hydroxylation sites is 2. The molecule has 0 aliphatic carbocycles. The maximum absolute atomic E-state index is 11.5. The Bertz CT molecular complexity index is 1180. The summed E-state index contributed by atoms with van der Waals surface area (Å²) in [5.74, 6) is 0. The summed E-state index contributed by atoms with van der Waals surface area (Å²) in [6.07, 6.45) is -6.77. The van der Waals surface area contributed by atoms with Crippen LogP contribution in [0.15, 0.2) is 84.9 Å². The first-order valence-corrected chi connectivity index (χ1v) is 14.4. The lowest BCUT2D eigenvalue weighted by Crippen LogP contribution is -2.68. The van der Waals surface area contributed by atoms with Crippen molar-refractivity contribution < 1.29 is 29.4 Å². The number of ether oxygens (including phenoxy) is 1. The van der Waals surface area contributed by atoms with Crippen molar-refractivity contribution in [2.24, 2.45) is 0 Å². The molecule has 3 aromatic rings. The van der Waals surface area contributed by atoms with Crippen LogP contribution in [0.4, 0.5) is 11.4 Å². The average molecular weight is 539 g/mol. The largest absolute Gasteiger partial charge is 0.405 e. The highest BCUT2D eigenvalue weighted by atomic mass is 28.4. The number of nitrogens with one attached hydrogen (secondary N) is 1. The van der Waals surface area contributed by atoms with E-state index in [9.17, 15) is 25.4 Å². The fourth-order valence-electron chi connectivity index (χ4n) is 5.08. The molecule has 1 aliphatic rings. The van der Waals surface area contributed by atoms with Crippen molar-refractivity contribution in [2.45, 2.75) is 56.5 Å². The summed E-state index contributed by atoms with van der Waals surface area (Å²) >= 11 is 0. The number of benzene rings is 3. The molecule has 3 aromatic carbocycles. The predicted octanol–water partition coefficient (Wildman–Crippen LogP) is 2.39. The third-order valence-electron chi connectivity index (χ3n) is 6.99. The van der Waals surface area contributed by atoms with Gasteiger partial charge in [-0.1, -0.05) is 93.6 Å². The molecule has 1 saturated heterocycles. The van der Waals surface area contributed by atoms with E-state index in [1.165, 1.54) is 18.2 Å². The second-order valence-electron chi connectivity index (χ2n) is 10.5. The van der Waals surface area contributed by atoms with Crippen LogP contribution in [-0.4, -0.2) is 65.8 Å². The Balaban J connectivity index is 1.66. The van der Waals surface area contributed by atoms with Crippen LogP contribution >= 0.6 is 0 Å². The highest BCUT2D eigenvalue weighted by Gasteiger charge is 2.52. The number of anilines is 1. The maximum atomic E-state index is 11.5. The molecule has 1 aliphatic heterocycles. The third kappa shape index (κ3) is 5.37. The molecule has 0 spiro atoms. The van der Waals surface area contributed by atoms with E-state index in [1.54, 1.807) is 6.07 Å². The number of hydrogen-bond acceptors (Lipinski definition) is 8. The Kier molecular flexibility index (Phi) is 8.31. The van der Waals surface area contributed by atoms with Gasteiger partial charge in [0.25, 0.3) is 14.0 Å². The van der Waals surface area contributed by atoms with Gasteiger partial charge in [0.05, 0.1) is 11.5 Å². The number of rotatable bonds is 8. The van der Waals surface area contributed by atoms with Gasteiger partial charge in [0.15, 0.2) is 6.23 Å². The summed E-state index contributed by atoms with van der Waals surface area (Å²) in [5.41, 5.74) is -0.0826. The number of nitro groups is 1. The van der Waals surface area contributed by atoms with E-state index in [1.807, 2.05) is 60.7 Å². The number of aliphatic hydroxyl groups is 3. The molecule has 0 aromatic heterocycles. The minimum atomic E-state index is -2.97. The van der Waals surface area contributed by atoms with Gasteiger partial charge in [-0.3, -0.25) is 10.1 Å². The first kappa shape index (κ1) is 27.9. The molecule has 4 N–H and O–H groups in total. The second-order valence-corrected chi connectivity index (χ2v) is 14.8. The summed E-state index contributed by atoms with van der Waals surface area (Å²) < 4.78 is 12.8. The summed E-state index contributed by atoms with van der Waals surface area (Å²) in [4.78, 5) is 10.9. The van der Waals surface area contributed by atoms with Crippen molar-refractivity contribution in [3.05, 3.63) is 95.0 Å². The number of hydrogen-bond donors (Lipinski definition) is 4. The minimum absolute atomic E-state index is 0.0761. The van der Waals surface area contributed by atoms with E-state index in [2.05, 4.69) is 26.1 Å². The smallest absolute Gasteiger partial charge is 0.292 e. The summed E-state index contributed by atoms with van der Waals surface area (Å²) in [6, 6.07) is 25.9. The zero-order valence-corrected chi connectivity index (χ0v) is 22.6. The Morgan fingerprint density at radius 1 is 0.868 bits per heavy atom. The van der Waals surface area contributed by atoms with Gasteiger partial charge in [-0.2, -0.15) is 0 Å². The molecule has 1 heterocycles. The van der Waals surface area contributed by atoms with Crippen molar-refractivity contribution in [2.75, 3.05) is 11.9 Å². The lowest BCUT2D eigenvalue weighted by molar-refractivity contribution is -0.384. The van der Waals surface area contributed by atoms with E-state index in [0.29, 0.717) is 0 Å². The molecule has 0 unspecified atom stereocenters. The van der Waals surface area contributed by atoms with Gasteiger partial charge in [0.2, 0.25) is 0 Å². The quantitative estimate of drug-likeness (QED) is 0.195. The van der Waals surface area contributed by atoms with Crippen LogP contribution in [0.3, 0.4) is 0 Å². The maximum Gasteiger partial charge on any atom is 0.292 e. The highest BCUT2D eigenvalue weighted by molar-refractivity contribution is 6.99. The normalized spacial score (nSPS) is 24.1. The van der Waals surface area contributed by atoms with Gasteiger partial charge >= 0.3 is 0 Å². The number of aliphatic hydroxyl groups excluding tert-OH is 3. The molecule has 5 atom stereocenters. The van der Waals surface area contributed by atoms with Gasteiger partial charge in [-0.05, 0) is 21.5 Å². The van der Waals surface area contributed by atoms with Gasteiger partial charge < -0.3 is 29.8 Å². The van der Waals surface area contributed by atoms with Crippen molar-refractivity contribution in [1.29, 1.82) is 0 Å². The van der Waals surface area contributed by atoms with E-state index in [0.717, 1.165) is 10.4 Å². The second kappa shape index (κ2) is 11.3. The van der Waals surface area contributed by atoms with Crippen molar-refractivity contribution >= 4 is 30.1 Å². The van der Waals surface area contributed by atoms with Crippen LogP contribution in [-0.2, 0) is 9.16 Å². The highest BCUT2D eigenvalue weighted by Crippen LogP contribution is 2.37. The van der Waals surface area contributed by atoms with Crippen LogP contribution in [0, 0.1) is 10.1 Å². The molecule has 0 bridgehead atoms. The molecule has 38 heavy (non-hydrogen) atoms. The Morgan fingerprint density at radius 2 is 1.39 bits per heavy atom. The summed E-state index contributed by atoms with van der Waals surface area (Å²) in [5, 5.41) is 48.2. The number of nitrogens with zero attached hydrogens (tertiary/aromatic N) is 1. The molecule has 202 valence electrons. The molecule has 10 heteroatoms. The van der Waals surface area contributed by atoms with Gasteiger partial charge in [0.1, 0.15) is 30.1 Å². The fraction of sp³-hybridized carbons (Fsp3) is 0.357. The summed E-state index contributed by atoms with van der Waals surface area (Å²) in [6.45, 7) is 6.28. The zero-order valence-electron chi connectivity index (χ0n) is 21.6. The topological polar surface area (TPSA) is 134 Å². The van der Waals surface area contributed by atoms with Crippen LogP contribution in [0.1, 0.15) is 20.8 Å². The molecule has 4 rings (SSSR count). The Morgan fingerprint density at radius 3 is 1.92 bits per heavy atom. The molecular formula is C28H34N2O7Si. The lowest BCUT2D eigenvalue weighted by Gasteiger charge is -2.46. The van der Waals surface area contributed by atoms with Crippen molar-refractivity contribution in [3.63, 3.8) is 0 Å². The molecule has 0 saturated carbocycles. The monoisotopic (exact) mass is 538 g/mol. The Labute approximate surface area is 223 Å². The molecule has 0 amide bonds. The number of nitro benzene ring substituents is 1. The Hall–Kier alpha value is -3.12. The SMILES string of the molecule is CC(C)(C)[Si](OC[C@H]1O[C@@H](Nc2ccccc2[N+](=O)[O-])[C@H](O)[C@H](O)[C@H]1O)(c1ccccc1)c1ccccc1. The molecule has 0 radical (unpaired) electrons. The first-order chi connectivity index (χ1) is 18.1. The lowest BCUT2D eigenvalue weighted by atomic mass is 9.98. The van der Waals surface area contributed by atoms with E-state index in [4.69, 9.17) is 9.16 Å². The van der Waals surface area contributed by atoms with Gasteiger partial charge in [0, 0.05) is 6.07 Å². The molecule has 9 nitrogen and oxygen atoms in total. The fourth-order valence-corrected chi connectivity index (χ4v) is 9.65. The standard InChI is InChI=1S/C28H34N2O7Si/c1-28(2,3)38(19-12-6-4-7-13-19,20-14-8-5-9-15-20)36-18-23-24(31)25(32)26(33)27(37-23)29-21-16-10-11-17-22(21)30(34)35/h4-17,23-27,29,31-33H,18H2,1-3H3/t23-,24+,25-,26-,27-/m1/s1. The minimum Gasteiger partial charge on any atom is -0.405 e. The predicted molar refractivity (Wildman–Crippen MR) is 147 cm³/mol. The van der Waals surface area contributed by atoms with Crippen LogP contribution in [0.25, 0.3) is 0 Å². The van der Waals surface area contributed by atoms with Crippen LogP contribution in [0.5, 0.6) is 0 Å². The third-order valence-corrected chi connectivity index (χ3v) is 12.0. The van der Waals surface area contributed by atoms with Crippen LogP contribution in [0.2, 0.25) is 5.04 Å². The average Bonchev–Trinajstić information content (AvgIpc) is 2.90. The van der Waals surface area contributed by atoms with Crippen LogP contribution < -0.4 is 15.7 Å². The van der Waals surface area contributed by atoms with E-state index in [-0.39, 0.29) is 23.0 Å². The van der Waals surface area contributed by atoms with Crippen molar-refractivity contribution in [3.8, 4) is 0 Å². The molecular weight excluding hydrogens is 504 g/mol. The van der Waals surface area contributed by atoms with Gasteiger partial charge in [-0.25, -0.2) is 0 Å². The van der Waals surface area contributed by atoms with Gasteiger partial charge in [-0.15, -0.1) is 0 Å². The van der Waals surface area contributed by atoms with E-state index < -0.39 is 43.9 Å². The molecule has 1 fully saturated rings. The first-order valence-electron chi connectivity index (χ1n) is 12.5.